The van der Waals surface area contributed by atoms with Gasteiger partial charge in [0, 0.05) is 10.7 Å². The highest BCUT2D eigenvalue weighted by Gasteiger charge is 2.13. The predicted octanol–water partition coefficient (Wildman–Crippen LogP) is 3.86. The number of amides is 1. The summed E-state index contributed by atoms with van der Waals surface area (Å²) in [5.74, 6) is -0.299. The second kappa shape index (κ2) is 5.76. The zero-order valence-corrected chi connectivity index (χ0v) is 11.2. The van der Waals surface area contributed by atoms with E-state index in [0.29, 0.717) is 17.1 Å². The largest absolute Gasteiger partial charge is 0.507 e. The van der Waals surface area contributed by atoms with Gasteiger partial charge in [-0.25, -0.2) is 0 Å². The Kier molecular flexibility index (Phi) is 4.07. The average Bonchev–Trinajstić information content (AvgIpc) is 2.41. The molecule has 0 atom stereocenters. The number of benzene rings is 2. The minimum Gasteiger partial charge on any atom is -0.507 e. The van der Waals surface area contributed by atoms with Crippen LogP contribution in [0.2, 0.25) is 5.02 Å². The summed E-state index contributed by atoms with van der Waals surface area (Å²) in [6.45, 7) is 1.93. The summed E-state index contributed by atoms with van der Waals surface area (Å²) in [4.78, 5) is 12.1. The van der Waals surface area contributed by atoms with Crippen molar-refractivity contribution in [2.45, 2.75) is 13.3 Å². The lowest BCUT2D eigenvalue weighted by molar-refractivity contribution is 0.102. The minimum absolute atomic E-state index is 0.0384. The van der Waals surface area contributed by atoms with E-state index >= 15 is 0 Å². The Bertz CT molecular complexity index is 594. The third-order valence-corrected chi connectivity index (χ3v) is 3.10. The molecule has 0 aliphatic carbocycles. The molecule has 98 valence electrons. The van der Waals surface area contributed by atoms with E-state index in [1.165, 1.54) is 0 Å². The van der Waals surface area contributed by atoms with Gasteiger partial charge in [0.05, 0.1) is 5.56 Å². The van der Waals surface area contributed by atoms with Gasteiger partial charge < -0.3 is 10.4 Å². The van der Waals surface area contributed by atoms with Crippen molar-refractivity contribution >= 4 is 23.2 Å². The number of rotatable bonds is 3. The molecule has 2 aromatic carbocycles. The third kappa shape index (κ3) is 3.06. The van der Waals surface area contributed by atoms with Crippen LogP contribution in [0.5, 0.6) is 5.75 Å². The van der Waals surface area contributed by atoms with Gasteiger partial charge in [-0.1, -0.05) is 30.7 Å². The van der Waals surface area contributed by atoms with Gasteiger partial charge in [0.1, 0.15) is 5.75 Å². The first-order chi connectivity index (χ1) is 9.11. The Morgan fingerprint density at radius 2 is 1.89 bits per heavy atom. The lowest BCUT2D eigenvalue weighted by atomic mass is 10.1. The molecule has 0 aromatic heterocycles. The van der Waals surface area contributed by atoms with Crippen LogP contribution in [-0.4, -0.2) is 11.0 Å². The van der Waals surface area contributed by atoms with Crippen molar-refractivity contribution in [3.05, 3.63) is 58.6 Å². The van der Waals surface area contributed by atoms with Crippen LogP contribution in [0.25, 0.3) is 0 Å². The lowest BCUT2D eigenvalue weighted by Gasteiger charge is -2.09. The van der Waals surface area contributed by atoms with Crippen molar-refractivity contribution < 1.29 is 9.90 Å². The first kappa shape index (κ1) is 13.4. The zero-order chi connectivity index (χ0) is 13.8. The van der Waals surface area contributed by atoms with Crippen LogP contribution < -0.4 is 5.32 Å². The second-order valence-corrected chi connectivity index (χ2v) is 4.56. The monoisotopic (exact) mass is 275 g/mol. The van der Waals surface area contributed by atoms with E-state index in [1.807, 2.05) is 6.92 Å². The van der Waals surface area contributed by atoms with Crippen LogP contribution in [0.3, 0.4) is 0 Å². The van der Waals surface area contributed by atoms with Crippen LogP contribution >= 0.6 is 11.6 Å². The number of nitrogens with one attached hydrogen (secondary N) is 1. The highest BCUT2D eigenvalue weighted by atomic mass is 35.5. The molecule has 0 aliphatic rings. The first-order valence-electron chi connectivity index (χ1n) is 5.99. The molecule has 0 radical (unpaired) electrons. The van der Waals surface area contributed by atoms with E-state index in [2.05, 4.69) is 5.32 Å². The molecule has 0 bridgehead atoms. The number of carbonyl (C=O) groups excluding carboxylic acids is 1. The number of phenols is 1. The standard InChI is InChI=1S/C15H14ClNO2/c1-2-10-4-3-5-13(14(10)18)15(19)17-12-8-6-11(16)7-9-12/h3-9,18H,2H2,1H3,(H,17,19). The number of hydrogen-bond donors (Lipinski definition) is 2. The van der Waals surface area contributed by atoms with Gasteiger partial charge in [-0.15, -0.1) is 0 Å². The molecular formula is C15H14ClNO2. The van der Waals surface area contributed by atoms with Crippen LogP contribution in [0.15, 0.2) is 42.5 Å². The van der Waals surface area contributed by atoms with Crippen molar-refractivity contribution in [1.82, 2.24) is 0 Å². The van der Waals surface area contributed by atoms with Crippen molar-refractivity contribution in [1.29, 1.82) is 0 Å². The number of anilines is 1. The molecule has 0 heterocycles. The van der Waals surface area contributed by atoms with Crippen LogP contribution in [0.1, 0.15) is 22.8 Å². The van der Waals surface area contributed by atoms with Gasteiger partial charge in [0.15, 0.2) is 0 Å². The summed E-state index contributed by atoms with van der Waals surface area (Å²) in [6.07, 6.45) is 0.675. The first-order valence-corrected chi connectivity index (χ1v) is 6.37. The smallest absolute Gasteiger partial charge is 0.259 e. The van der Waals surface area contributed by atoms with Crippen LogP contribution in [0, 0.1) is 0 Å². The van der Waals surface area contributed by atoms with Gasteiger partial charge >= 0.3 is 0 Å². The summed E-state index contributed by atoms with van der Waals surface area (Å²) in [7, 11) is 0. The number of aromatic hydroxyl groups is 1. The molecule has 0 aliphatic heterocycles. The predicted molar refractivity (Wildman–Crippen MR) is 76.9 cm³/mol. The fourth-order valence-electron chi connectivity index (χ4n) is 1.79. The molecule has 0 spiro atoms. The maximum absolute atomic E-state index is 12.1. The van der Waals surface area contributed by atoms with Gasteiger partial charge in [0.2, 0.25) is 0 Å². The van der Waals surface area contributed by atoms with E-state index in [-0.39, 0.29) is 17.2 Å². The number of para-hydroxylation sites is 1. The highest BCUT2D eigenvalue weighted by molar-refractivity contribution is 6.30. The molecule has 3 nitrogen and oxygen atoms in total. The molecule has 0 saturated heterocycles. The van der Waals surface area contributed by atoms with E-state index in [1.54, 1.807) is 42.5 Å². The lowest BCUT2D eigenvalue weighted by Crippen LogP contribution is -2.12. The quantitative estimate of drug-likeness (QED) is 0.894. The molecular weight excluding hydrogens is 262 g/mol. The second-order valence-electron chi connectivity index (χ2n) is 4.13. The van der Waals surface area contributed by atoms with Crippen LogP contribution in [-0.2, 0) is 6.42 Å². The fraction of sp³-hybridized carbons (Fsp3) is 0.133. The Morgan fingerprint density at radius 3 is 2.53 bits per heavy atom. The number of aryl methyl sites for hydroxylation is 1. The van der Waals surface area contributed by atoms with E-state index in [0.717, 1.165) is 5.56 Å². The normalized spacial score (nSPS) is 10.2. The fourth-order valence-corrected chi connectivity index (χ4v) is 1.92. The van der Waals surface area contributed by atoms with E-state index in [4.69, 9.17) is 11.6 Å². The number of phenolic OH excluding ortho intramolecular Hbond substituents is 1. The van der Waals surface area contributed by atoms with Crippen molar-refractivity contribution in [2.75, 3.05) is 5.32 Å². The zero-order valence-electron chi connectivity index (χ0n) is 10.5. The third-order valence-electron chi connectivity index (χ3n) is 2.85. The van der Waals surface area contributed by atoms with E-state index < -0.39 is 0 Å². The molecule has 2 aromatic rings. The minimum atomic E-state index is -0.338. The topological polar surface area (TPSA) is 49.3 Å². The van der Waals surface area contributed by atoms with Crippen LogP contribution in [0.4, 0.5) is 5.69 Å². The molecule has 19 heavy (non-hydrogen) atoms. The maximum atomic E-state index is 12.1. The van der Waals surface area contributed by atoms with Gasteiger partial charge in [-0.05, 0) is 42.3 Å². The molecule has 1 amide bonds. The maximum Gasteiger partial charge on any atom is 0.259 e. The number of carbonyl (C=O) groups is 1. The average molecular weight is 276 g/mol. The van der Waals surface area contributed by atoms with Gasteiger partial charge in [0.25, 0.3) is 5.91 Å². The molecule has 0 fully saturated rings. The number of halogens is 1. The summed E-state index contributed by atoms with van der Waals surface area (Å²) in [6, 6.07) is 12.0. The SMILES string of the molecule is CCc1cccc(C(=O)Nc2ccc(Cl)cc2)c1O. The van der Waals surface area contributed by atoms with E-state index in [9.17, 15) is 9.90 Å². The summed E-state index contributed by atoms with van der Waals surface area (Å²) in [5, 5.41) is 13.3. The Hall–Kier alpha value is -2.00. The molecule has 2 rings (SSSR count). The summed E-state index contributed by atoms with van der Waals surface area (Å²) >= 11 is 5.78. The Labute approximate surface area is 116 Å². The van der Waals surface area contributed by atoms with Crippen molar-refractivity contribution in [2.24, 2.45) is 0 Å². The highest BCUT2D eigenvalue weighted by Crippen LogP contribution is 2.24. The molecule has 0 unspecified atom stereocenters. The van der Waals surface area contributed by atoms with Gasteiger partial charge in [-0.2, -0.15) is 0 Å². The molecule has 4 heteroatoms. The number of hydrogen-bond acceptors (Lipinski definition) is 2. The molecule has 2 N–H and O–H groups in total. The van der Waals surface area contributed by atoms with Gasteiger partial charge in [-0.3, -0.25) is 4.79 Å². The Morgan fingerprint density at radius 1 is 1.21 bits per heavy atom. The Balaban J connectivity index is 2.23. The summed E-state index contributed by atoms with van der Waals surface area (Å²) in [5.41, 5.74) is 1.66. The van der Waals surface area contributed by atoms with Crippen molar-refractivity contribution in [3.8, 4) is 5.75 Å². The van der Waals surface area contributed by atoms with Crippen molar-refractivity contribution in [3.63, 3.8) is 0 Å². The molecule has 0 saturated carbocycles. The summed E-state index contributed by atoms with van der Waals surface area (Å²) < 4.78 is 0.